The lowest BCUT2D eigenvalue weighted by atomic mass is 10.1. The molecule has 1 amide bonds. The van der Waals surface area contributed by atoms with Gasteiger partial charge in [-0.2, -0.15) is 13.2 Å². The SMILES string of the molecule is COCCOc1ccc(C(F)(F)F)cc1NC(=O)COc1ccc(Br)cc1F. The molecule has 0 heterocycles. The first-order valence-corrected chi connectivity index (χ1v) is 8.70. The molecule has 0 aromatic heterocycles. The maximum Gasteiger partial charge on any atom is 0.416 e. The average Bonchev–Trinajstić information content (AvgIpc) is 2.61. The van der Waals surface area contributed by atoms with E-state index in [9.17, 15) is 22.4 Å². The van der Waals surface area contributed by atoms with Crippen LogP contribution in [0, 0.1) is 5.82 Å². The minimum Gasteiger partial charge on any atom is -0.489 e. The summed E-state index contributed by atoms with van der Waals surface area (Å²) in [6.45, 7) is -0.321. The van der Waals surface area contributed by atoms with Crippen molar-refractivity contribution in [2.75, 3.05) is 32.2 Å². The number of benzene rings is 2. The normalized spacial score (nSPS) is 11.2. The number of hydrogen-bond acceptors (Lipinski definition) is 4. The van der Waals surface area contributed by atoms with E-state index in [0.29, 0.717) is 4.47 Å². The molecule has 2 aromatic carbocycles. The lowest BCUT2D eigenvalue weighted by molar-refractivity contribution is -0.137. The van der Waals surface area contributed by atoms with Crippen LogP contribution in [0.3, 0.4) is 0 Å². The van der Waals surface area contributed by atoms with Crippen LogP contribution in [0.25, 0.3) is 0 Å². The van der Waals surface area contributed by atoms with Crippen LogP contribution in [0.2, 0.25) is 0 Å². The largest absolute Gasteiger partial charge is 0.489 e. The van der Waals surface area contributed by atoms with E-state index >= 15 is 0 Å². The zero-order chi connectivity index (χ0) is 20.7. The highest BCUT2D eigenvalue weighted by atomic mass is 79.9. The Labute approximate surface area is 166 Å². The Kier molecular flexibility index (Phi) is 7.64. The molecular weight excluding hydrogens is 450 g/mol. The molecule has 152 valence electrons. The highest BCUT2D eigenvalue weighted by Gasteiger charge is 2.31. The van der Waals surface area contributed by atoms with Crippen LogP contribution in [0.5, 0.6) is 11.5 Å². The van der Waals surface area contributed by atoms with Gasteiger partial charge >= 0.3 is 6.18 Å². The van der Waals surface area contributed by atoms with E-state index in [4.69, 9.17) is 14.2 Å². The second kappa shape index (κ2) is 9.74. The Hall–Kier alpha value is -2.33. The fraction of sp³-hybridized carbons (Fsp3) is 0.278. The standard InChI is InChI=1S/C18H16BrF4NO4/c1-26-6-7-27-16-4-2-11(18(21,22)23)8-14(16)24-17(25)10-28-15-5-3-12(19)9-13(15)20/h2-5,8-9H,6-7,10H2,1H3,(H,24,25). The fourth-order valence-electron chi connectivity index (χ4n) is 2.09. The van der Waals surface area contributed by atoms with E-state index in [2.05, 4.69) is 21.2 Å². The van der Waals surface area contributed by atoms with E-state index in [-0.39, 0.29) is 30.4 Å². The zero-order valence-electron chi connectivity index (χ0n) is 14.6. The van der Waals surface area contributed by atoms with Crippen molar-refractivity contribution in [1.82, 2.24) is 0 Å². The summed E-state index contributed by atoms with van der Waals surface area (Å²) in [5.41, 5.74) is -1.14. The quantitative estimate of drug-likeness (QED) is 0.455. The molecule has 0 fully saturated rings. The van der Waals surface area contributed by atoms with Crippen molar-refractivity contribution in [3.05, 3.63) is 52.3 Å². The molecule has 5 nitrogen and oxygen atoms in total. The Bertz CT molecular complexity index is 830. The Morgan fingerprint density at radius 3 is 2.43 bits per heavy atom. The van der Waals surface area contributed by atoms with Gasteiger partial charge in [0.25, 0.3) is 5.91 Å². The predicted octanol–water partition coefficient (Wildman–Crippen LogP) is 4.65. The van der Waals surface area contributed by atoms with Crippen molar-refractivity contribution in [2.45, 2.75) is 6.18 Å². The van der Waals surface area contributed by atoms with Crippen LogP contribution >= 0.6 is 15.9 Å². The monoisotopic (exact) mass is 465 g/mol. The summed E-state index contributed by atoms with van der Waals surface area (Å²) in [5.74, 6) is -1.60. The van der Waals surface area contributed by atoms with Crippen LogP contribution in [0.1, 0.15) is 5.56 Å². The van der Waals surface area contributed by atoms with Gasteiger partial charge in [-0.15, -0.1) is 0 Å². The maximum atomic E-state index is 13.7. The molecule has 0 spiro atoms. The third-order valence-electron chi connectivity index (χ3n) is 3.38. The first-order chi connectivity index (χ1) is 13.2. The van der Waals surface area contributed by atoms with Crippen molar-refractivity contribution in [3.8, 4) is 11.5 Å². The summed E-state index contributed by atoms with van der Waals surface area (Å²) in [7, 11) is 1.44. The van der Waals surface area contributed by atoms with Gasteiger partial charge in [-0.3, -0.25) is 4.79 Å². The Balaban J connectivity index is 2.11. The van der Waals surface area contributed by atoms with E-state index in [1.165, 1.54) is 19.2 Å². The number of methoxy groups -OCH3 is 1. The Morgan fingerprint density at radius 1 is 1.07 bits per heavy atom. The third-order valence-corrected chi connectivity index (χ3v) is 3.87. The second-order valence-electron chi connectivity index (χ2n) is 5.46. The van der Waals surface area contributed by atoms with Crippen molar-refractivity contribution in [1.29, 1.82) is 0 Å². The molecule has 10 heteroatoms. The van der Waals surface area contributed by atoms with Crippen LogP contribution in [-0.4, -0.2) is 32.8 Å². The van der Waals surface area contributed by atoms with Gasteiger partial charge in [-0.1, -0.05) is 15.9 Å². The van der Waals surface area contributed by atoms with E-state index < -0.39 is 30.1 Å². The molecule has 1 N–H and O–H groups in total. The second-order valence-corrected chi connectivity index (χ2v) is 6.38. The molecule has 0 atom stereocenters. The molecule has 0 bridgehead atoms. The summed E-state index contributed by atoms with van der Waals surface area (Å²) in [4.78, 5) is 12.1. The smallest absolute Gasteiger partial charge is 0.416 e. The fourth-order valence-corrected chi connectivity index (χ4v) is 2.42. The lowest BCUT2D eigenvalue weighted by Crippen LogP contribution is -2.21. The minimum absolute atomic E-state index is 0.0354. The van der Waals surface area contributed by atoms with Crippen LogP contribution in [0.4, 0.5) is 23.2 Å². The topological polar surface area (TPSA) is 56.8 Å². The number of anilines is 1. The Morgan fingerprint density at radius 2 is 1.79 bits per heavy atom. The van der Waals surface area contributed by atoms with Crippen molar-refractivity contribution >= 4 is 27.5 Å². The number of nitrogens with one attached hydrogen (secondary N) is 1. The van der Waals surface area contributed by atoms with Crippen LogP contribution in [-0.2, 0) is 15.7 Å². The molecule has 2 aromatic rings. The summed E-state index contributed by atoms with van der Waals surface area (Å²) in [5, 5.41) is 2.29. The van der Waals surface area contributed by atoms with Gasteiger partial charge in [0, 0.05) is 11.6 Å². The van der Waals surface area contributed by atoms with Crippen LogP contribution in [0.15, 0.2) is 40.9 Å². The first-order valence-electron chi connectivity index (χ1n) is 7.91. The highest BCUT2D eigenvalue weighted by Crippen LogP contribution is 2.35. The number of rotatable bonds is 8. The molecule has 0 saturated carbocycles. The summed E-state index contributed by atoms with van der Waals surface area (Å²) < 4.78 is 68.3. The molecule has 2 rings (SSSR count). The summed E-state index contributed by atoms with van der Waals surface area (Å²) in [6, 6.07) is 6.68. The number of carbonyl (C=O) groups excluding carboxylic acids is 1. The minimum atomic E-state index is -4.60. The number of halogens is 5. The van der Waals surface area contributed by atoms with Gasteiger partial charge in [-0.25, -0.2) is 4.39 Å². The zero-order valence-corrected chi connectivity index (χ0v) is 16.2. The van der Waals surface area contributed by atoms with Gasteiger partial charge < -0.3 is 19.5 Å². The number of amides is 1. The number of carbonyl (C=O) groups is 1. The van der Waals surface area contributed by atoms with E-state index in [1.807, 2.05) is 0 Å². The predicted molar refractivity (Wildman–Crippen MR) is 97.0 cm³/mol. The number of ether oxygens (including phenoxy) is 3. The van der Waals surface area contributed by atoms with Gasteiger partial charge in [0.1, 0.15) is 12.4 Å². The first kappa shape index (κ1) is 22.0. The molecule has 28 heavy (non-hydrogen) atoms. The van der Waals surface area contributed by atoms with Crippen molar-refractivity contribution < 1.29 is 36.6 Å². The van der Waals surface area contributed by atoms with Crippen LogP contribution < -0.4 is 14.8 Å². The van der Waals surface area contributed by atoms with Gasteiger partial charge in [0.15, 0.2) is 18.2 Å². The molecule has 0 aliphatic carbocycles. The number of hydrogen-bond donors (Lipinski definition) is 1. The molecule has 0 aliphatic rings. The lowest BCUT2D eigenvalue weighted by Gasteiger charge is -2.15. The van der Waals surface area contributed by atoms with E-state index in [1.54, 1.807) is 0 Å². The molecule has 0 unspecified atom stereocenters. The molecule has 0 aliphatic heterocycles. The van der Waals surface area contributed by atoms with Crippen molar-refractivity contribution in [3.63, 3.8) is 0 Å². The van der Waals surface area contributed by atoms with Gasteiger partial charge in [-0.05, 0) is 36.4 Å². The highest BCUT2D eigenvalue weighted by molar-refractivity contribution is 9.10. The summed E-state index contributed by atoms with van der Waals surface area (Å²) >= 11 is 3.09. The van der Waals surface area contributed by atoms with Gasteiger partial charge in [0.2, 0.25) is 0 Å². The van der Waals surface area contributed by atoms with Crippen molar-refractivity contribution in [2.24, 2.45) is 0 Å². The van der Waals surface area contributed by atoms with E-state index in [0.717, 1.165) is 24.3 Å². The molecular formula is C18H16BrF4NO4. The molecule has 0 saturated heterocycles. The maximum absolute atomic E-state index is 13.7. The summed E-state index contributed by atoms with van der Waals surface area (Å²) in [6.07, 6.45) is -4.60. The molecule has 0 radical (unpaired) electrons. The number of alkyl halides is 3. The average molecular weight is 466 g/mol. The van der Waals surface area contributed by atoms with Gasteiger partial charge in [0.05, 0.1) is 17.9 Å². The third kappa shape index (κ3) is 6.38.